The lowest BCUT2D eigenvalue weighted by molar-refractivity contribution is -0.142. The molecular formula is C11H14FNO6S2. The third-order valence-corrected chi connectivity index (χ3v) is 4.45. The fourth-order valence-electron chi connectivity index (χ4n) is 1.43. The maximum absolute atomic E-state index is 13.0. The highest BCUT2D eigenvalue weighted by molar-refractivity contribution is 7.92. The van der Waals surface area contributed by atoms with E-state index in [2.05, 4.69) is 4.74 Å². The van der Waals surface area contributed by atoms with Gasteiger partial charge < -0.3 is 4.74 Å². The predicted molar refractivity (Wildman–Crippen MR) is 73.4 cm³/mol. The van der Waals surface area contributed by atoms with E-state index in [1.165, 1.54) is 12.1 Å². The van der Waals surface area contributed by atoms with Crippen molar-refractivity contribution in [3.63, 3.8) is 0 Å². The number of anilines is 1. The zero-order valence-electron chi connectivity index (χ0n) is 11.1. The molecule has 118 valence electrons. The highest BCUT2D eigenvalue weighted by Crippen LogP contribution is 2.23. The van der Waals surface area contributed by atoms with Crippen molar-refractivity contribution in [3.05, 3.63) is 24.3 Å². The first-order valence-corrected chi connectivity index (χ1v) is 8.89. The van der Waals surface area contributed by atoms with Crippen molar-refractivity contribution in [3.8, 4) is 0 Å². The molecule has 0 aromatic heterocycles. The van der Waals surface area contributed by atoms with Gasteiger partial charge in [0.05, 0.1) is 24.5 Å². The molecule has 0 bridgehead atoms. The number of esters is 1. The average molecular weight is 339 g/mol. The Morgan fingerprint density at radius 2 is 1.86 bits per heavy atom. The predicted octanol–water partition coefficient (Wildman–Crippen LogP) is 1.04. The van der Waals surface area contributed by atoms with Crippen LogP contribution in [0.1, 0.15) is 13.3 Å². The Labute approximate surface area is 122 Å². The van der Waals surface area contributed by atoms with Gasteiger partial charge in [0, 0.05) is 0 Å². The quantitative estimate of drug-likeness (QED) is 0.587. The van der Waals surface area contributed by atoms with Crippen molar-refractivity contribution in [2.24, 2.45) is 0 Å². The summed E-state index contributed by atoms with van der Waals surface area (Å²) >= 11 is 0. The molecule has 0 atom stereocenters. The van der Waals surface area contributed by atoms with E-state index in [4.69, 9.17) is 0 Å². The summed E-state index contributed by atoms with van der Waals surface area (Å²) in [5.41, 5.74) is -0.413. The average Bonchev–Trinajstić information content (AvgIpc) is 2.36. The monoisotopic (exact) mass is 339 g/mol. The first-order valence-electron chi connectivity index (χ1n) is 5.85. The summed E-state index contributed by atoms with van der Waals surface area (Å²) < 4.78 is 64.9. The number of halogens is 1. The van der Waals surface area contributed by atoms with Crippen LogP contribution in [-0.4, -0.2) is 35.2 Å². The highest BCUT2D eigenvalue weighted by atomic mass is 32.3. The molecule has 0 unspecified atom stereocenters. The van der Waals surface area contributed by atoms with E-state index in [0.717, 1.165) is 12.1 Å². The van der Waals surface area contributed by atoms with E-state index in [1.807, 2.05) is 4.72 Å². The number of nitrogens with one attached hydrogen (secondary N) is 1. The number of rotatable bonds is 7. The highest BCUT2D eigenvalue weighted by Gasteiger charge is 2.21. The number of hydrogen-bond donors (Lipinski definition) is 1. The molecule has 0 spiro atoms. The number of hydrogen-bond acceptors (Lipinski definition) is 6. The van der Waals surface area contributed by atoms with Crippen molar-refractivity contribution in [2.75, 3.05) is 17.1 Å². The molecule has 1 rings (SSSR count). The third kappa shape index (κ3) is 5.68. The fourth-order valence-corrected chi connectivity index (χ4v) is 3.17. The minimum atomic E-state index is -5.06. The summed E-state index contributed by atoms with van der Waals surface area (Å²) in [6.45, 7) is 1.70. The third-order valence-electron chi connectivity index (χ3n) is 2.30. The SMILES string of the molecule is CCOC(=O)CCS(=O)(=O)Nc1ccccc1S(=O)(=O)F. The molecule has 1 aromatic rings. The van der Waals surface area contributed by atoms with Gasteiger partial charge in [0.15, 0.2) is 0 Å². The van der Waals surface area contributed by atoms with Gasteiger partial charge >= 0.3 is 16.2 Å². The lowest BCUT2D eigenvalue weighted by Gasteiger charge is -2.10. The van der Waals surface area contributed by atoms with Gasteiger partial charge in [0.2, 0.25) is 10.0 Å². The van der Waals surface area contributed by atoms with Crippen LogP contribution in [0, 0.1) is 0 Å². The van der Waals surface area contributed by atoms with Crippen molar-refractivity contribution in [1.82, 2.24) is 0 Å². The van der Waals surface area contributed by atoms with Gasteiger partial charge in [-0.1, -0.05) is 12.1 Å². The topological polar surface area (TPSA) is 107 Å². The molecule has 0 aliphatic heterocycles. The van der Waals surface area contributed by atoms with Gasteiger partial charge in [-0.15, -0.1) is 3.89 Å². The number of para-hydroxylation sites is 1. The Hall–Kier alpha value is -1.68. The fraction of sp³-hybridized carbons (Fsp3) is 0.364. The smallest absolute Gasteiger partial charge is 0.334 e. The molecular weight excluding hydrogens is 325 g/mol. The van der Waals surface area contributed by atoms with E-state index in [-0.39, 0.29) is 6.61 Å². The van der Waals surface area contributed by atoms with Crippen LogP contribution in [-0.2, 0) is 29.8 Å². The van der Waals surface area contributed by atoms with Crippen molar-refractivity contribution in [1.29, 1.82) is 0 Å². The van der Waals surface area contributed by atoms with Crippen molar-refractivity contribution < 1.29 is 30.3 Å². The summed E-state index contributed by atoms with van der Waals surface area (Å²) in [4.78, 5) is 10.3. The largest absolute Gasteiger partial charge is 0.466 e. The molecule has 0 fully saturated rings. The summed E-state index contributed by atoms with van der Waals surface area (Å²) in [6, 6.07) is 4.63. The molecule has 0 saturated heterocycles. The van der Waals surface area contributed by atoms with Crippen LogP contribution in [0.25, 0.3) is 0 Å². The molecule has 21 heavy (non-hydrogen) atoms. The second-order valence-electron chi connectivity index (χ2n) is 3.91. The van der Waals surface area contributed by atoms with E-state index in [1.54, 1.807) is 6.92 Å². The van der Waals surface area contributed by atoms with E-state index in [0.29, 0.717) is 0 Å². The molecule has 0 amide bonds. The summed E-state index contributed by atoms with van der Waals surface area (Å²) in [6.07, 6.45) is -0.395. The first kappa shape index (κ1) is 17.4. The van der Waals surface area contributed by atoms with Crippen LogP contribution in [0.15, 0.2) is 29.2 Å². The lowest BCUT2D eigenvalue weighted by atomic mass is 10.3. The molecule has 0 aliphatic carbocycles. The zero-order valence-corrected chi connectivity index (χ0v) is 12.7. The van der Waals surface area contributed by atoms with E-state index < -0.39 is 49.0 Å². The van der Waals surface area contributed by atoms with Crippen LogP contribution in [0.5, 0.6) is 0 Å². The molecule has 0 radical (unpaired) electrons. The summed E-state index contributed by atoms with van der Waals surface area (Å²) in [5.74, 6) is -1.30. The Kier molecular flexibility index (Phi) is 5.67. The number of carbonyl (C=O) groups is 1. The van der Waals surface area contributed by atoms with Gasteiger partial charge in [0.25, 0.3) is 0 Å². The first-order chi connectivity index (χ1) is 9.65. The molecule has 1 N–H and O–H groups in total. The molecule has 7 nitrogen and oxygen atoms in total. The second-order valence-corrected chi connectivity index (χ2v) is 7.07. The van der Waals surface area contributed by atoms with Crippen molar-refractivity contribution >= 4 is 31.9 Å². The maximum atomic E-state index is 13.0. The molecule has 0 aliphatic rings. The summed E-state index contributed by atoms with van der Waals surface area (Å²) in [7, 11) is -9.08. The Morgan fingerprint density at radius 3 is 2.43 bits per heavy atom. The Morgan fingerprint density at radius 1 is 1.24 bits per heavy atom. The lowest BCUT2D eigenvalue weighted by Crippen LogP contribution is -2.20. The van der Waals surface area contributed by atoms with Gasteiger partial charge in [-0.05, 0) is 19.1 Å². The Balaban J connectivity index is 2.88. The number of sulfonamides is 1. The maximum Gasteiger partial charge on any atom is 0.334 e. The van der Waals surface area contributed by atoms with E-state index >= 15 is 0 Å². The van der Waals surface area contributed by atoms with E-state index in [9.17, 15) is 25.5 Å². The van der Waals surface area contributed by atoms with Crippen LogP contribution in [0.3, 0.4) is 0 Å². The van der Waals surface area contributed by atoms with Gasteiger partial charge in [-0.25, -0.2) is 8.42 Å². The van der Waals surface area contributed by atoms with Gasteiger partial charge in [-0.2, -0.15) is 8.42 Å². The minimum absolute atomic E-state index is 0.120. The molecule has 10 heteroatoms. The van der Waals surface area contributed by atoms with Gasteiger partial charge in [0.1, 0.15) is 4.90 Å². The van der Waals surface area contributed by atoms with Crippen LogP contribution < -0.4 is 4.72 Å². The number of carbonyl (C=O) groups excluding carboxylic acids is 1. The van der Waals surface area contributed by atoms with Crippen molar-refractivity contribution in [2.45, 2.75) is 18.2 Å². The normalized spacial score (nSPS) is 11.9. The second kappa shape index (κ2) is 6.85. The molecule has 1 aromatic carbocycles. The van der Waals surface area contributed by atoms with Crippen LogP contribution in [0.4, 0.5) is 9.57 Å². The van der Waals surface area contributed by atoms with Crippen LogP contribution >= 0.6 is 0 Å². The van der Waals surface area contributed by atoms with Crippen LogP contribution in [0.2, 0.25) is 0 Å². The van der Waals surface area contributed by atoms with Gasteiger partial charge in [-0.3, -0.25) is 9.52 Å². The Bertz CT molecular complexity index is 714. The number of ether oxygens (including phenoxy) is 1. The standard InChI is InChI=1S/C11H14FNO6S2/c1-2-19-11(14)7-8-20(15,16)13-9-5-3-4-6-10(9)21(12,17)18/h3-6,13H,2,7-8H2,1H3. The summed E-state index contributed by atoms with van der Waals surface area (Å²) in [5, 5.41) is 0. The molecule has 0 heterocycles. The number of benzene rings is 1. The minimum Gasteiger partial charge on any atom is -0.466 e. The zero-order chi connectivity index (χ0) is 16.1. The molecule has 0 saturated carbocycles.